The first-order chi connectivity index (χ1) is 12.7. The molecule has 142 valence electrons. The maximum atomic E-state index is 12.6. The number of aliphatic imine (C=N–C) groups is 1. The van der Waals surface area contributed by atoms with Crippen LogP contribution in [0.1, 0.15) is 19.4 Å². The zero-order valence-corrected chi connectivity index (χ0v) is 14.4. The van der Waals surface area contributed by atoms with E-state index >= 15 is 0 Å². The van der Waals surface area contributed by atoms with Crippen molar-refractivity contribution in [2.24, 2.45) is 4.99 Å². The number of carbonyl (C=O) groups is 1. The van der Waals surface area contributed by atoms with E-state index in [4.69, 9.17) is 9.47 Å². The molecule has 0 fully saturated rings. The number of carbonyl (C=O) groups excluding carboxylic acids is 1. The van der Waals surface area contributed by atoms with Crippen LogP contribution in [0.15, 0.2) is 47.6 Å². The van der Waals surface area contributed by atoms with E-state index in [2.05, 4.69) is 15.3 Å². The van der Waals surface area contributed by atoms with Crippen LogP contribution in [0.2, 0.25) is 0 Å². The monoisotopic (exact) mass is 379 g/mol. The van der Waals surface area contributed by atoms with Crippen LogP contribution in [-0.2, 0) is 11.0 Å². The van der Waals surface area contributed by atoms with Gasteiger partial charge in [0.25, 0.3) is 5.91 Å². The lowest BCUT2D eigenvalue weighted by Gasteiger charge is -2.20. The van der Waals surface area contributed by atoms with Crippen molar-refractivity contribution < 1.29 is 27.4 Å². The lowest BCUT2D eigenvalue weighted by Crippen LogP contribution is -2.39. The lowest BCUT2D eigenvalue weighted by molar-refractivity contribution is -0.137. The number of nitrogens with zero attached hydrogens (tertiary/aromatic N) is 2. The highest BCUT2D eigenvalue weighted by Gasteiger charge is 2.31. The fourth-order valence-electron chi connectivity index (χ4n) is 2.38. The SMILES string of the molecule is CC1=NC(C(C)Oc2ccccc2Oc2ccc(C(F)(F)F)cn2)NC1=O. The van der Waals surface area contributed by atoms with E-state index in [-0.39, 0.29) is 17.5 Å². The van der Waals surface area contributed by atoms with Gasteiger partial charge in [-0.1, -0.05) is 12.1 Å². The number of rotatable bonds is 5. The second kappa shape index (κ2) is 7.26. The molecule has 0 saturated heterocycles. The summed E-state index contributed by atoms with van der Waals surface area (Å²) in [4.78, 5) is 19.4. The predicted molar refractivity (Wildman–Crippen MR) is 90.9 cm³/mol. The normalized spacial score (nSPS) is 17.9. The minimum Gasteiger partial charge on any atom is -0.483 e. The number of hydrogen-bond donors (Lipinski definition) is 1. The summed E-state index contributed by atoms with van der Waals surface area (Å²) < 4.78 is 49.2. The first-order valence-electron chi connectivity index (χ1n) is 8.06. The van der Waals surface area contributed by atoms with E-state index in [0.717, 1.165) is 12.1 Å². The van der Waals surface area contributed by atoms with Crippen molar-refractivity contribution in [1.82, 2.24) is 10.3 Å². The van der Waals surface area contributed by atoms with E-state index < -0.39 is 24.0 Å². The molecule has 1 amide bonds. The van der Waals surface area contributed by atoms with Gasteiger partial charge in [-0.3, -0.25) is 9.79 Å². The molecular formula is C18H16F3N3O3. The van der Waals surface area contributed by atoms with Gasteiger partial charge in [-0.2, -0.15) is 13.2 Å². The largest absolute Gasteiger partial charge is 0.483 e. The topological polar surface area (TPSA) is 72.8 Å². The Morgan fingerprint density at radius 3 is 2.41 bits per heavy atom. The van der Waals surface area contributed by atoms with Crippen molar-refractivity contribution in [2.75, 3.05) is 0 Å². The average Bonchev–Trinajstić information content (AvgIpc) is 2.95. The number of para-hydroxylation sites is 2. The molecule has 6 nitrogen and oxygen atoms in total. The Morgan fingerprint density at radius 1 is 1.15 bits per heavy atom. The number of aromatic nitrogens is 1. The summed E-state index contributed by atoms with van der Waals surface area (Å²) in [6.07, 6.45) is -4.79. The van der Waals surface area contributed by atoms with E-state index in [1.54, 1.807) is 38.1 Å². The summed E-state index contributed by atoms with van der Waals surface area (Å²) in [7, 11) is 0. The number of ether oxygens (including phenoxy) is 2. The highest BCUT2D eigenvalue weighted by Crippen LogP contribution is 2.33. The van der Waals surface area contributed by atoms with Crippen LogP contribution in [-0.4, -0.2) is 28.9 Å². The first-order valence-corrected chi connectivity index (χ1v) is 8.06. The van der Waals surface area contributed by atoms with Gasteiger partial charge in [-0.25, -0.2) is 4.98 Å². The van der Waals surface area contributed by atoms with Crippen molar-refractivity contribution in [3.05, 3.63) is 48.2 Å². The number of hydrogen-bond acceptors (Lipinski definition) is 5. The van der Waals surface area contributed by atoms with Crippen molar-refractivity contribution >= 4 is 11.6 Å². The van der Waals surface area contributed by atoms with Crippen LogP contribution in [0, 0.1) is 0 Å². The predicted octanol–water partition coefficient (Wildman–Crippen LogP) is 3.58. The summed E-state index contributed by atoms with van der Waals surface area (Å²) in [5.41, 5.74) is -0.493. The number of nitrogens with one attached hydrogen (secondary N) is 1. The molecule has 1 aromatic carbocycles. The lowest BCUT2D eigenvalue weighted by atomic mass is 10.2. The molecule has 0 aliphatic carbocycles. The molecule has 2 unspecified atom stereocenters. The maximum Gasteiger partial charge on any atom is 0.417 e. The van der Waals surface area contributed by atoms with Gasteiger partial charge in [0, 0.05) is 12.3 Å². The molecule has 0 radical (unpaired) electrons. The molecule has 0 bridgehead atoms. The number of pyridine rings is 1. The van der Waals surface area contributed by atoms with E-state index in [9.17, 15) is 18.0 Å². The van der Waals surface area contributed by atoms with Gasteiger partial charge in [0.1, 0.15) is 6.10 Å². The first kappa shape index (κ1) is 18.7. The molecule has 2 atom stereocenters. The van der Waals surface area contributed by atoms with Gasteiger partial charge < -0.3 is 14.8 Å². The molecular weight excluding hydrogens is 363 g/mol. The standard InChI is InChI=1S/C18H16F3N3O3/c1-10-17(25)24-16(23-10)11(2)26-13-5-3-4-6-14(13)27-15-8-7-12(9-22-15)18(19,20)21/h3-9,11,16H,1-2H3,(H,24,25). The molecule has 1 N–H and O–H groups in total. The molecule has 0 saturated carbocycles. The number of amides is 1. The van der Waals surface area contributed by atoms with Gasteiger partial charge >= 0.3 is 6.18 Å². The highest BCUT2D eigenvalue weighted by atomic mass is 19.4. The fraction of sp³-hybridized carbons (Fsp3) is 0.278. The average molecular weight is 379 g/mol. The Bertz CT molecular complexity index is 866. The summed E-state index contributed by atoms with van der Waals surface area (Å²) in [6.45, 7) is 3.34. The molecule has 1 aromatic heterocycles. The van der Waals surface area contributed by atoms with Gasteiger partial charge in [-0.15, -0.1) is 0 Å². The van der Waals surface area contributed by atoms with Crippen LogP contribution >= 0.6 is 0 Å². The minimum atomic E-state index is -4.47. The molecule has 2 heterocycles. The smallest absolute Gasteiger partial charge is 0.417 e. The number of halogens is 3. The van der Waals surface area contributed by atoms with Gasteiger partial charge in [-0.05, 0) is 32.0 Å². The van der Waals surface area contributed by atoms with Crippen molar-refractivity contribution in [1.29, 1.82) is 0 Å². The van der Waals surface area contributed by atoms with E-state index in [0.29, 0.717) is 17.7 Å². The number of alkyl halides is 3. The molecule has 9 heteroatoms. The molecule has 2 aromatic rings. The maximum absolute atomic E-state index is 12.6. The minimum absolute atomic E-state index is 0.00487. The zero-order chi connectivity index (χ0) is 19.6. The second-order valence-electron chi connectivity index (χ2n) is 5.89. The van der Waals surface area contributed by atoms with Gasteiger partial charge in [0.2, 0.25) is 5.88 Å². The van der Waals surface area contributed by atoms with Crippen LogP contribution in [0.25, 0.3) is 0 Å². The third kappa shape index (κ3) is 4.36. The van der Waals surface area contributed by atoms with E-state index in [1.165, 1.54) is 0 Å². The zero-order valence-electron chi connectivity index (χ0n) is 14.4. The molecule has 27 heavy (non-hydrogen) atoms. The summed E-state index contributed by atoms with van der Waals surface area (Å²) in [5.74, 6) is 0.367. The van der Waals surface area contributed by atoms with Gasteiger partial charge in [0.15, 0.2) is 17.7 Å². The Balaban J connectivity index is 1.73. The summed E-state index contributed by atoms with van der Waals surface area (Å²) in [6, 6.07) is 8.67. The Kier molecular flexibility index (Phi) is 5.02. The summed E-state index contributed by atoms with van der Waals surface area (Å²) in [5, 5.41) is 2.69. The van der Waals surface area contributed by atoms with Crippen molar-refractivity contribution in [2.45, 2.75) is 32.3 Å². The molecule has 1 aliphatic heterocycles. The molecule has 0 spiro atoms. The third-order valence-electron chi connectivity index (χ3n) is 3.83. The molecule has 1 aliphatic rings. The third-order valence-corrected chi connectivity index (χ3v) is 3.83. The summed E-state index contributed by atoms with van der Waals surface area (Å²) >= 11 is 0. The Labute approximate surface area is 153 Å². The van der Waals surface area contributed by atoms with Crippen molar-refractivity contribution in [3.8, 4) is 17.4 Å². The molecule has 3 rings (SSSR count). The van der Waals surface area contributed by atoms with Crippen molar-refractivity contribution in [3.63, 3.8) is 0 Å². The van der Waals surface area contributed by atoms with Gasteiger partial charge in [0.05, 0.1) is 11.3 Å². The number of benzene rings is 1. The Hall–Kier alpha value is -3.10. The van der Waals surface area contributed by atoms with Crippen LogP contribution < -0.4 is 14.8 Å². The highest BCUT2D eigenvalue weighted by molar-refractivity contribution is 6.39. The van der Waals surface area contributed by atoms with E-state index in [1.807, 2.05) is 0 Å². The van der Waals surface area contributed by atoms with Crippen LogP contribution in [0.5, 0.6) is 17.4 Å². The van der Waals surface area contributed by atoms with Crippen LogP contribution in [0.3, 0.4) is 0 Å². The Morgan fingerprint density at radius 2 is 1.85 bits per heavy atom. The second-order valence-corrected chi connectivity index (χ2v) is 5.89. The van der Waals surface area contributed by atoms with Crippen LogP contribution in [0.4, 0.5) is 13.2 Å². The fourth-order valence-corrected chi connectivity index (χ4v) is 2.38. The quantitative estimate of drug-likeness (QED) is 0.862.